The minimum Gasteiger partial charge on any atom is -0.493 e. The van der Waals surface area contributed by atoms with E-state index in [-0.39, 0.29) is 23.4 Å². The zero-order valence-electron chi connectivity index (χ0n) is 21.8. The third-order valence-electron chi connectivity index (χ3n) is 6.13. The van der Waals surface area contributed by atoms with Gasteiger partial charge in [-0.1, -0.05) is 29.8 Å². The predicted octanol–water partition coefficient (Wildman–Crippen LogP) is 4.21. The number of ketones is 1. The van der Waals surface area contributed by atoms with Gasteiger partial charge < -0.3 is 28.8 Å². The second-order valence-electron chi connectivity index (χ2n) is 8.54. The van der Waals surface area contributed by atoms with Gasteiger partial charge in [0.2, 0.25) is 11.3 Å². The maximum Gasteiger partial charge on any atom is 0.244 e. The number of fused-ring (bicyclic) bond motifs is 1. The molecule has 1 heterocycles. The number of amides is 1. The van der Waals surface area contributed by atoms with Gasteiger partial charge in [-0.05, 0) is 25.1 Å². The number of benzene rings is 3. The summed E-state index contributed by atoms with van der Waals surface area (Å²) in [5.74, 6) is 0.870. The number of hydrogen-bond donors (Lipinski definition) is 1. The first kappa shape index (κ1) is 26.3. The summed E-state index contributed by atoms with van der Waals surface area (Å²) in [6, 6.07) is 15.1. The number of hydrogen-bond acceptors (Lipinski definition) is 7. The van der Waals surface area contributed by atoms with Crippen LogP contribution in [0.4, 0.5) is 5.69 Å². The number of anilines is 1. The lowest BCUT2D eigenvalue weighted by Gasteiger charge is -2.16. The number of carbonyl (C=O) groups excluding carboxylic acids is 2. The third kappa shape index (κ3) is 5.17. The maximum atomic E-state index is 13.5. The van der Waals surface area contributed by atoms with Crippen molar-refractivity contribution in [1.82, 2.24) is 4.57 Å². The summed E-state index contributed by atoms with van der Waals surface area (Å²) in [4.78, 5) is 40.0. The van der Waals surface area contributed by atoms with Crippen molar-refractivity contribution in [3.63, 3.8) is 0 Å². The summed E-state index contributed by atoms with van der Waals surface area (Å²) in [6.07, 6.45) is 1.41. The number of aromatic nitrogens is 1. The Morgan fingerprint density at radius 2 is 1.39 bits per heavy atom. The lowest BCUT2D eigenvalue weighted by atomic mass is 10.0. The Kier molecular flexibility index (Phi) is 7.66. The van der Waals surface area contributed by atoms with Crippen LogP contribution in [-0.2, 0) is 11.3 Å². The monoisotopic (exact) mass is 516 g/mol. The second-order valence-corrected chi connectivity index (χ2v) is 8.54. The number of nitrogens with one attached hydrogen (secondary N) is 1. The maximum absolute atomic E-state index is 13.5. The van der Waals surface area contributed by atoms with Crippen LogP contribution in [0, 0.1) is 6.92 Å². The average Bonchev–Trinajstić information content (AvgIpc) is 2.93. The predicted molar refractivity (Wildman–Crippen MR) is 144 cm³/mol. The van der Waals surface area contributed by atoms with Crippen molar-refractivity contribution in [2.24, 2.45) is 0 Å². The molecule has 1 amide bonds. The van der Waals surface area contributed by atoms with Crippen LogP contribution in [0.1, 0.15) is 21.5 Å². The molecule has 1 aromatic heterocycles. The SMILES string of the molecule is COc1ccc(NC(=O)Cn2cc(C(=O)c3ccc(C)cc3)c(=O)c3cc(OC)c(OC)cc32)cc1OC. The van der Waals surface area contributed by atoms with E-state index in [1.807, 2.05) is 6.92 Å². The molecule has 9 nitrogen and oxygen atoms in total. The minimum absolute atomic E-state index is 0.0625. The van der Waals surface area contributed by atoms with E-state index in [1.165, 1.54) is 40.7 Å². The largest absolute Gasteiger partial charge is 0.493 e. The summed E-state index contributed by atoms with van der Waals surface area (Å²) in [7, 11) is 5.96. The number of carbonyl (C=O) groups is 2. The highest BCUT2D eigenvalue weighted by Crippen LogP contribution is 2.32. The molecular formula is C29H28N2O7. The van der Waals surface area contributed by atoms with E-state index in [1.54, 1.807) is 53.1 Å². The molecule has 0 aliphatic rings. The van der Waals surface area contributed by atoms with Crippen molar-refractivity contribution in [2.75, 3.05) is 33.8 Å². The van der Waals surface area contributed by atoms with Crippen LogP contribution in [0.15, 0.2) is 65.6 Å². The normalized spacial score (nSPS) is 10.7. The van der Waals surface area contributed by atoms with Crippen molar-refractivity contribution >= 4 is 28.3 Å². The quantitative estimate of drug-likeness (QED) is 0.332. The summed E-state index contributed by atoms with van der Waals surface area (Å²) < 4.78 is 22.9. The molecule has 0 aliphatic heterocycles. The van der Waals surface area contributed by atoms with E-state index >= 15 is 0 Å². The average molecular weight is 517 g/mol. The minimum atomic E-state index is -0.469. The van der Waals surface area contributed by atoms with E-state index in [0.717, 1.165) is 5.56 Å². The van der Waals surface area contributed by atoms with Crippen molar-refractivity contribution in [3.05, 3.63) is 87.7 Å². The number of aryl methyl sites for hydroxylation is 1. The molecule has 0 spiro atoms. The Hall–Kier alpha value is -4.79. The molecule has 9 heteroatoms. The first-order chi connectivity index (χ1) is 18.3. The van der Waals surface area contributed by atoms with Gasteiger partial charge in [0.1, 0.15) is 6.54 Å². The molecule has 4 rings (SSSR count). The lowest BCUT2D eigenvalue weighted by Crippen LogP contribution is -2.24. The van der Waals surface area contributed by atoms with Gasteiger partial charge in [0, 0.05) is 29.6 Å². The molecule has 3 aromatic carbocycles. The fraction of sp³-hybridized carbons (Fsp3) is 0.207. The molecule has 0 saturated carbocycles. The van der Waals surface area contributed by atoms with Crippen molar-refractivity contribution < 1.29 is 28.5 Å². The van der Waals surface area contributed by atoms with E-state index in [4.69, 9.17) is 18.9 Å². The van der Waals surface area contributed by atoms with E-state index in [9.17, 15) is 14.4 Å². The number of methoxy groups -OCH3 is 4. The molecule has 0 unspecified atom stereocenters. The van der Waals surface area contributed by atoms with Gasteiger partial charge in [0.25, 0.3) is 0 Å². The van der Waals surface area contributed by atoms with E-state index in [0.29, 0.717) is 39.8 Å². The number of ether oxygens (including phenoxy) is 4. The molecule has 0 fully saturated rings. The molecule has 1 N–H and O–H groups in total. The molecule has 196 valence electrons. The molecule has 0 bridgehead atoms. The fourth-order valence-corrected chi connectivity index (χ4v) is 4.14. The molecule has 0 aliphatic carbocycles. The summed E-state index contributed by atoms with van der Waals surface area (Å²) in [5, 5.41) is 3.04. The van der Waals surface area contributed by atoms with Gasteiger partial charge in [-0.3, -0.25) is 14.4 Å². The highest BCUT2D eigenvalue weighted by molar-refractivity contribution is 6.10. The van der Waals surface area contributed by atoms with E-state index in [2.05, 4.69) is 5.32 Å². The van der Waals surface area contributed by atoms with Crippen molar-refractivity contribution in [3.8, 4) is 23.0 Å². The number of rotatable bonds is 9. The zero-order chi connectivity index (χ0) is 27.4. The van der Waals surface area contributed by atoms with Gasteiger partial charge >= 0.3 is 0 Å². The first-order valence-corrected chi connectivity index (χ1v) is 11.7. The van der Waals surface area contributed by atoms with Crippen LogP contribution >= 0.6 is 0 Å². The number of nitrogens with zero attached hydrogens (tertiary/aromatic N) is 1. The third-order valence-corrected chi connectivity index (χ3v) is 6.13. The van der Waals surface area contributed by atoms with Gasteiger partial charge in [-0.2, -0.15) is 0 Å². The zero-order valence-corrected chi connectivity index (χ0v) is 21.8. The highest BCUT2D eigenvalue weighted by atomic mass is 16.5. The van der Waals surface area contributed by atoms with Gasteiger partial charge in [-0.25, -0.2) is 0 Å². The Morgan fingerprint density at radius 3 is 2.03 bits per heavy atom. The second kappa shape index (κ2) is 11.1. The highest BCUT2D eigenvalue weighted by Gasteiger charge is 2.20. The van der Waals surface area contributed by atoms with Crippen LogP contribution in [0.3, 0.4) is 0 Å². The van der Waals surface area contributed by atoms with Gasteiger partial charge in [-0.15, -0.1) is 0 Å². The molecule has 0 saturated heterocycles. The number of pyridine rings is 1. The van der Waals surface area contributed by atoms with Crippen molar-refractivity contribution in [2.45, 2.75) is 13.5 Å². The van der Waals surface area contributed by atoms with Crippen LogP contribution in [-0.4, -0.2) is 44.7 Å². The Balaban J connectivity index is 1.79. The van der Waals surface area contributed by atoms with Crippen LogP contribution < -0.4 is 29.7 Å². The van der Waals surface area contributed by atoms with Crippen LogP contribution in [0.25, 0.3) is 10.9 Å². The first-order valence-electron chi connectivity index (χ1n) is 11.7. The Bertz CT molecular complexity index is 1570. The van der Waals surface area contributed by atoms with Gasteiger partial charge in [0.15, 0.2) is 28.8 Å². The van der Waals surface area contributed by atoms with Gasteiger partial charge in [0.05, 0.1) is 44.9 Å². The summed E-state index contributed by atoms with van der Waals surface area (Å²) in [5.41, 5.74) is 1.73. The molecule has 0 atom stereocenters. The Labute approximate surface area is 219 Å². The summed E-state index contributed by atoms with van der Waals surface area (Å²) in [6.45, 7) is 1.72. The van der Waals surface area contributed by atoms with Crippen LogP contribution in [0.5, 0.6) is 23.0 Å². The summed E-state index contributed by atoms with van der Waals surface area (Å²) >= 11 is 0. The molecule has 4 aromatic rings. The standard InChI is InChI=1S/C29H28N2O7/c1-17-6-8-18(9-7-17)28(33)21-15-31(22-14-26(38-5)25(37-4)13-20(22)29(21)34)16-27(32)30-19-10-11-23(35-2)24(12-19)36-3/h6-15H,16H2,1-5H3,(H,30,32). The topological polar surface area (TPSA) is 105 Å². The van der Waals surface area contributed by atoms with E-state index < -0.39 is 11.2 Å². The Morgan fingerprint density at radius 1 is 0.789 bits per heavy atom. The lowest BCUT2D eigenvalue weighted by molar-refractivity contribution is -0.116. The molecule has 38 heavy (non-hydrogen) atoms. The van der Waals surface area contributed by atoms with Crippen LogP contribution in [0.2, 0.25) is 0 Å². The smallest absolute Gasteiger partial charge is 0.244 e. The molecule has 0 radical (unpaired) electrons. The molecular weight excluding hydrogens is 488 g/mol. The fourth-order valence-electron chi connectivity index (χ4n) is 4.14. The van der Waals surface area contributed by atoms with Crippen molar-refractivity contribution in [1.29, 1.82) is 0 Å².